The number of carbonyl (C=O) groups excluding carboxylic acids is 1. The molecule has 3 saturated heterocycles. The first-order valence-corrected chi connectivity index (χ1v) is 16.2. The van der Waals surface area contributed by atoms with Crippen LogP contribution in [0.4, 0.5) is 10.2 Å². The average Bonchev–Trinajstić information content (AvgIpc) is 3.45. The van der Waals surface area contributed by atoms with Gasteiger partial charge in [0.15, 0.2) is 5.83 Å². The number of hydrogen-bond donors (Lipinski definition) is 0. The third-order valence-corrected chi connectivity index (χ3v) is 10.0. The number of amides is 1. The molecule has 0 N–H and O–H groups in total. The second-order valence-corrected chi connectivity index (χ2v) is 12.8. The molecule has 9 nitrogen and oxygen atoms in total. The molecule has 2 aromatic rings. The van der Waals surface area contributed by atoms with Gasteiger partial charge in [-0.05, 0) is 69.0 Å². The molecule has 3 fully saturated rings. The number of fused-ring (bicyclic) bond motifs is 1. The minimum absolute atomic E-state index is 0.0959. The van der Waals surface area contributed by atoms with Crippen LogP contribution in [0.15, 0.2) is 36.7 Å². The van der Waals surface area contributed by atoms with Gasteiger partial charge in [0.2, 0.25) is 0 Å². The number of halogens is 2. The predicted molar refractivity (Wildman–Crippen MR) is 165 cm³/mol. The first-order chi connectivity index (χ1) is 21.4. The van der Waals surface area contributed by atoms with E-state index in [0.29, 0.717) is 43.7 Å². The van der Waals surface area contributed by atoms with Crippen molar-refractivity contribution in [3.63, 3.8) is 0 Å². The lowest BCUT2D eigenvalue weighted by atomic mass is 9.83. The van der Waals surface area contributed by atoms with Crippen molar-refractivity contribution in [2.24, 2.45) is 5.92 Å². The molecule has 3 aliphatic heterocycles. The van der Waals surface area contributed by atoms with E-state index < -0.39 is 17.8 Å². The summed E-state index contributed by atoms with van der Waals surface area (Å²) in [4.78, 5) is 28.5. The van der Waals surface area contributed by atoms with E-state index in [2.05, 4.69) is 28.5 Å². The van der Waals surface area contributed by atoms with E-state index in [4.69, 9.17) is 31.0 Å². The van der Waals surface area contributed by atoms with Crippen LogP contribution in [-0.2, 0) is 28.8 Å². The number of ether oxygens (including phenoxy) is 2. The van der Waals surface area contributed by atoms with E-state index in [1.807, 2.05) is 18.2 Å². The molecule has 3 unspecified atom stereocenters. The number of likely N-dealkylation sites (tertiary alicyclic amines) is 1. The van der Waals surface area contributed by atoms with Crippen molar-refractivity contribution in [2.45, 2.75) is 69.5 Å². The zero-order valence-corrected chi connectivity index (χ0v) is 25.9. The first-order valence-electron chi connectivity index (χ1n) is 15.8. The van der Waals surface area contributed by atoms with Crippen LogP contribution in [0.2, 0.25) is 5.02 Å². The van der Waals surface area contributed by atoms with Crippen molar-refractivity contribution >= 4 is 23.3 Å². The third kappa shape index (κ3) is 6.70. The number of aryl methyl sites for hydroxylation is 1. The van der Waals surface area contributed by atoms with Crippen LogP contribution in [0.5, 0.6) is 6.01 Å². The molecule has 1 aromatic carbocycles. The van der Waals surface area contributed by atoms with Crippen LogP contribution in [0.1, 0.15) is 48.9 Å². The molecule has 0 saturated carbocycles. The molecular formula is C33H40ClFN6O3. The maximum absolute atomic E-state index is 13.8. The van der Waals surface area contributed by atoms with Crippen molar-refractivity contribution in [3.05, 3.63) is 58.5 Å². The second kappa shape index (κ2) is 13.8. The molecule has 234 valence electrons. The molecule has 4 heterocycles. The lowest BCUT2D eigenvalue weighted by molar-refractivity contribution is -0.131. The van der Waals surface area contributed by atoms with E-state index in [9.17, 15) is 14.4 Å². The highest BCUT2D eigenvalue weighted by Gasteiger charge is 2.37. The molecule has 3 atom stereocenters. The highest BCUT2D eigenvalue weighted by atomic mass is 35.5. The Balaban J connectivity index is 1.23. The Morgan fingerprint density at radius 2 is 2.02 bits per heavy atom. The van der Waals surface area contributed by atoms with Gasteiger partial charge in [0, 0.05) is 36.3 Å². The minimum Gasteiger partial charge on any atom is -0.462 e. The Morgan fingerprint density at radius 3 is 2.77 bits per heavy atom. The van der Waals surface area contributed by atoms with Gasteiger partial charge in [0.1, 0.15) is 12.4 Å². The van der Waals surface area contributed by atoms with Gasteiger partial charge in [-0.15, -0.1) is 0 Å². The third-order valence-electron chi connectivity index (χ3n) is 9.63. The van der Waals surface area contributed by atoms with E-state index in [-0.39, 0.29) is 13.0 Å². The number of aromatic nitrogens is 2. The van der Waals surface area contributed by atoms with Crippen LogP contribution in [0.25, 0.3) is 0 Å². The zero-order valence-electron chi connectivity index (χ0n) is 25.1. The molecule has 1 aromatic heterocycles. The zero-order chi connectivity index (χ0) is 30.6. The van der Waals surface area contributed by atoms with Crippen LogP contribution in [0.3, 0.4) is 0 Å². The predicted octanol–water partition coefficient (Wildman–Crippen LogP) is 4.52. The summed E-state index contributed by atoms with van der Waals surface area (Å²) in [5, 5.41) is 10.3. The standard InChI is InChI=1S/C33H40ClFN6O3/c1-22(35)32(42)41-16-15-39(18-25(41)12-13-36)31-28-11-9-23(8-10-24-5-2-3-7-29(24)34)17-30(28)37-33(38-31)44-21-26-6-4-14-40(26)27-19-43-20-27/h2-3,5,7,23,25-27H,1,4,6,8-12,14-21H2. The van der Waals surface area contributed by atoms with Crippen LogP contribution < -0.4 is 9.64 Å². The lowest BCUT2D eigenvalue weighted by Gasteiger charge is -2.42. The van der Waals surface area contributed by atoms with Crippen LogP contribution in [-0.4, -0.2) is 89.8 Å². The van der Waals surface area contributed by atoms with Crippen molar-refractivity contribution in [2.75, 3.05) is 50.9 Å². The van der Waals surface area contributed by atoms with E-state index in [0.717, 1.165) is 92.4 Å². The van der Waals surface area contributed by atoms with Gasteiger partial charge in [0.05, 0.1) is 43.5 Å². The van der Waals surface area contributed by atoms with E-state index in [1.165, 1.54) is 4.90 Å². The van der Waals surface area contributed by atoms with Gasteiger partial charge < -0.3 is 19.3 Å². The van der Waals surface area contributed by atoms with Crippen LogP contribution in [0, 0.1) is 17.2 Å². The molecule has 0 radical (unpaired) electrons. The van der Waals surface area contributed by atoms with Gasteiger partial charge >= 0.3 is 6.01 Å². The fourth-order valence-electron chi connectivity index (χ4n) is 7.13. The SMILES string of the molecule is C=C(F)C(=O)N1CCN(c2nc(OCC3CCCN3C3COC3)nc3c2CCC(CCc2ccccc2Cl)C3)CC1CC#N. The Labute approximate surface area is 263 Å². The summed E-state index contributed by atoms with van der Waals surface area (Å²) >= 11 is 6.44. The Hall–Kier alpha value is -3.26. The number of rotatable bonds is 10. The summed E-state index contributed by atoms with van der Waals surface area (Å²) in [6, 6.07) is 10.9. The first kappa shape index (κ1) is 30.8. The molecule has 1 aliphatic carbocycles. The average molecular weight is 623 g/mol. The summed E-state index contributed by atoms with van der Waals surface area (Å²) in [5.74, 6) is -0.499. The summed E-state index contributed by atoms with van der Waals surface area (Å²) < 4.78 is 25.6. The fraction of sp³-hybridized carbons (Fsp3) is 0.576. The molecule has 44 heavy (non-hydrogen) atoms. The van der Waals surface area contributed by atoms with E-state index in [1.54, 1.807) is 0 Å². The van der Waals surface area contributed by atoms with Crippen LogP contribution >= 0.6 is 11.6 Å². The molecule has 0 spiro atoms. The molecule has 1 amide bonds. The van der Waals surface area contributed by atoms with Gasteiger partial charge in [-0.2, -0.15) is 15.2 Å². The number of anilines is 1. The van der Waals surface area contributed by atoms with Gasteiger partial charge in [-0.1, -0.05) is 36.4 Å². The molecule has 0 bridgehead atoms. The topological polar surface area (TPSA) is 94.8 Å². The lowest BCUT2D eigenvalue weighted by Crippen LogP contribution is -2.55. The second-order valence-electron chi connectivity index (χ2n) is 12.4. The highest BCUT2D eigenvalue weighted by molar-refractivity contribution is 6.31. The molecule has 4 aliphatic rings. The van der Waals surface area contributed by atoms with Gasteiger partial charge in [0.25, 0.3) is 5.91 Å². The summed E-state index contributed by atoms with van der Waals surface area (Å²) in [6.45, 7) is 7.44. The largest absolute Gasteiger partial charge is 0.462 e. The van der Waals surface area contributed by atoms with Gasteiger partial charge in [-0.3, -0.25) is 9.69 Å². The Morgan fingerprint density at radius 1 is 1.18 bits per heavy atom. The number of hydrogen-bond acceptors (Lipinski definition) is 8. The smallest absolute Gasteiger partial charge is 0.318 e. The maximum Gasteiger partial charge on any atom is 0.318 e. The monoisotopic (exact) mass is 622 g/mol. The summed E-state index contributed by atoms with van der Waals surface area (Å²) in [5.41, 5.74) is 3.27. The quantitative estimate of drug-likeness (QED) is 0.357. The summed E-state index contributed by atoms with van der Waals surface area (Å²) in [7, 11) is 0. The van der Waals surface area contributed by atoms with Crippen molar-refractivity contribution in [1.29, 1.82) is 5.26 Å². The fourth-order valence-corrected chi connectivity index (χ4v) is 7.36. The molecule has 6 rings (SSSR count). The minimum atomic E-state index is -1.01. The normalized spacial score (nSPS) is 24.0. The number of piperazine rings is 1. The molecule has 11 heteroatoms. The van der Waals surface area contributed by atoms with Crippen molar-refractivity contribution in [3.8, 4) is 12.1 Å². The number of carbonyl (C=O) groups is 1. The van der Waals surface area contributed by atoms with Crippen molar-refractivity contribution < 1.29 is 18.7 Å². The van der Waals surface area contributed by atoms with E-state index >= 15 is 0 Å². The Kier molecular flexibility index (Phi) is 9.65. The maximum atomic E-state index is 13.8. The molecular weight excluding hydrogens is 583 g/mol. The van der Waals surface area contributed by atoms with Gasteiger partial charge in [-0.25, -0.2) is 4.39 Å². The summed E-state index contributed by atoms with van der Waals surface area (Å²) in [6.07, 6.45) is 6.90. The number of nitriles is 1. The number of nitrogens with zero attached hydrogens (tertiary/aromatic N) is 6. The number of benzene rings is 1. The van der Waals surface area contributed by atoms with Crippen molar-refractivity contribution in [1.82, 2.24) is 19.8 Å². The Bertz CT molecular complexity index is 1410. The highest BCUT2D eigenvalue weighted by Crippen LogP contribution is 2.36.